The number of hydrogen-bond donors (Lipinski definition) is 2. The van der Waals surface area contributed by atoms with E-state index in [2.05, 4.69) is 10.3 Å². The first-order chi connectivity index (χ1) is 9.84. The molecule has 0 saturated carbocycles. The largest absolute Gasteiger partial charge is 0.491 e. The van der Waals surface area contributed by atoms with E-state index in [0.717, 1.165) is 24.4 Å². The first-order valence-corrected chi connectivity index (χ1v) is 6.81. The number of hydrogen-bond acceptors (Lipinski definition) is 4. The third kappa shape index (κ3) is 5.38. The number of nitrogens with zero attached hydrogens (tertiary/aromatic N) is 1. The Morgan fingerprint density at radius 1 is 1.10 bits per heavy atom. The van der Waals surface area contributed by atoms with Crippen molar-refractivity contribution in [3.05, 3.63) is 60.4 Å². The highest BCUT2D eigenvalue weighted by Crippen LogP contribution is 2.08. The Morgan fingerprint density at radius 3 is 2.65 bits per heavy atom. The minimum atomic E-state index is -0.515. The molecule has 2 aromatic rings. The Morgan fingerprint density at radius 2 is 1.90 bits per heavy atom. The molecule has 0 bridgehead atoms. The van der Waals surface area contributed by atoms with Crippen molar-refractivity contribution in [1.82, 2.24) is 10.3 Å². The summed E-state index contributed by atoms with van der Waals surface area (Å²) >= 11 is 0. The number of aliphatic hydroxyl groups is 1. The molecule has 1 atom stereocenters. The van der Waals surface area contributed by atoms with E-state index in [0.29, 0.717) is 13.2 Å². The number of nitrogens with one attached hydrogen (secondary N) is 1. The third-order valence-corrected chi connectivity index (χ3v) is 2.85. The van der Waals surface area contributed by atoms with Gasteiger partial charge in [0.25, 0.3) is 0 Å². The fourth-order valence-corrected chi connectivity index (χ4v) is 1.80. The lowest BCUT2D eigenvalue weighted by molar-refractivity contribution is 0.106. The zero-order chi connectivity index (χ0) is 14.0. The molecular weight excluding hydrogens is 252 g/mol. The highest BCUT2D eigenvalue weighted by molar-refractivity contribution is 5.20. The van der Waals surface area contributed by atoms with Crippen LogP contribution in [0.1, 0.15) is 5.69 Å². The maximum Gasteiger partial charge on any atom is 0.119 e. The summed E-state index contributed by atoms with van der Waals surface area (Å²) < 4.78 is 5.48. The predicted octanol–water partition coefficient (Wildman–Crippen LogP) is 1.65. The molecule has 106 valence electrons. The summed E-state index contributed by atoms with van der Waals surface area (Å²) in [5.41, 5.74) is 1.05. The van der Waals surface area contributed by atoms with E-state index in [1.807, 2.05) is 48.5 Å². The van der Waals surface area contributed by atoms with Gasteiger partial charge in [-0.15, -0.1) is 0 Å². The first-order valence-electron chi connectivity index (χ1n) is 6.81. The molecule has 0 saturated heterocycles. The SMILES string of the molecule is OC(CNCCc1ccccn1)COc1ccccc1. The standard InChI is InChI=1S/C16H20N2O2/c19-15(13-20-16-7-2-1-3-8-16)12-17-11-9-14-6-4-5-10-18-14/h1-8,10,15,17,19H,9,11-13H2. The van der Waals surface area contributed by atoms with Gasteiger partial charge in [-0.2, -0.15) is 0 Å². The third-order valence-electron chi connectivity index (χ3n) is 2.85. The Bertz CT molecular complexity index is 476. The summed E-state index contributed by atoms with van der Waals surface area (Å²) in [6.07, 6.45) is 2.13. The second-order valence-corrected chi connectivity index (χ2v) is 4.55. The van der Waals surface area contributed by atoms with Crippen LogP contribution in [0.2, 0.25) is 0 Å². The summed E-state index contributed by atoms with van der Waals surface area (Å²) in [6.45, 7) is 1.60. The number of pyridine rings is 1. The average Bonchev–Trinajstić information content (AvgIpc) is 2.52. The maximum atomic E-state index is 9.80. The van der Waals surface area contributed by atoms with Gasteiger partial charge in [0, 0.05) is 31.4 Å². The summed E-state index contributed by atoms with van der Waals surface area (Å²) in [5.74, 6) is 0.778. The second kappa shape index (κ2) is 8.30. The normalized spacial score (nSPS) is 12.1. The van der Waals surface area contributed by atoms with E-state index in [9.17, 15) is 5.11 Å². The highest BCUT2D eigenvalue weighted by atomic mass is 16.5. The summed E-state index contributed by atoms with van der Waals surface area (Å²) in [5, 5.41) is 13.0. The molecule has 1 aromatic carbocycles. The molecule has 20 heavy (non-hydrogen) atoms. The number of rotatable bonds is 8. The van der Waals surface area contributed by atoms with Gasteiger partial charge in [0.1, 0.15) is 18.5 Å². The Labute approximate surface area is 119 Å². The van der Waals surface area contributed by atoms with Crippen LogP contribution >= 0.6 is 0 Å². The van der Waals surface area contributed by atoms with Gasteiger partial charge in [0.05, 0.1) is 0 Å². The van der Waals surface area contributed by atoms with E-state index in [-0.39, 0.29) is 0 Å². The van der Waals surface area contributed by atoms with Crippen LogP contribution in [0.15, 0.2) is 54.7 Å². The van der Waals surface area contributed by atoms with E-state index in [1.54, 1.807) is 6.20 Å². The average molecular weight is 272 g/mol. The fourth-order valence-electron chi connectivity index (χ4n) is 1.80. The zero-order valence-corrected chi connectivity index (χ0v) is 11.4. The van der Waals surface area contributed by atoms with Crippen LogP contribution < -0.4 is 10.1 Å². The highest BCUT2D eigenvalue weighted by Gasteiger charge is 2.04. The van der Waals surface area contributed by atoms with Gasteiger partial charge in [0.2, 0.25) is 0 Å². The molecule has 0 spiro atoms. The predicted molar refractivity (Wildman–Crippen MR) is 78.8 cm³/mol. The molecular formula is C16H20N2O2. The van der Waals surface area contributed by atoms with Gasteiger partial charge in [-0.1, -0.05) is 24.3 Å². The molecule has 0 aliphatic rings. The minimum Gasteiger partial charge on any atom is -0.491 e. The lowest BCUT2D eigenvalue weighted by Gasteiger charge is -2.13. The van der Waals surface area contributed by atoms with Crippen LogP contribution in [0.4, 0.5) is 0 Å². The van der Waals surface area contributed by atoms with E-state index >= 15 is 0 Å². The van der Waals surface area contributed by atoms with Crippen molar-refractivity contribution in [3.8, 4) is 5.75 Å². The van der Waals surface area contributed by atoms with E-state index in [4.69, 9.17) is 4.74 Å². The maximum absolute atomic E-state index is 9.80. The number of aliphatic hydroxyl groups excluding tert-OH is 1. The van der Waals surface area contributed by atoms with E-state index in [1.165, 1.54) is 0 Å². The molecule has 0 aliphatic carbocycles. The molecule has 2 N–H and O–H groups in total. The molecule has 0 amide bonds. The van der Waals surface area contributed by atoms with Gasteiger partial charge < -0.3 is 15.2 Å². The molecule has 2 rings (SSSR count). The molecule has 4 heteroatoms. The molecule has 4 nitrogen and oxygen atoms in total. The van der Waals surface area contributed by atoms with Crippen molar-refractivity contribution in [2.45, 2.75) is 12.5 Å². The number of ether oxygens (including phenoxy) is 1. The van der Waals surface area contributed by atoms with Crippen molar-refractivity contribution >= 4 is 0 Å². The lowest BCUT2D eigenvalue weighted by Crippen LogP contribution is -2.32. The second-order valence-electron chi connectivity index (χ2n) is 4.55. The zero-order valence-electron chi connectivity index (χ0n) is 11.4. The van der Waals surface area contributed by atoms with Gasteiger partial charge in [-0.3, -0.25) is 4.98 Å². The first kappa shape index (κ1) is 14.5. The van der Waals surface area contributed by atoms with E-state index < -0.39 is 6.10 Å². The Balaban J connectivity index is 1.57. The molecule has 1 aromatic heterocycles. The van der Waals surface area contributed by atoms with Crippen LogP contribution in [0.25, 0.3) is 0 Å². The number of para-hydroxylation sites is 1. The fraction of sp³-hybridized carbons (Fsp3) is 0.312. The summed E-state index contributed by atoms with van der Waals surface area (Å²) in [7, 11) is 0. The quantitative estimate of drug-likeness (QED) is 0.718. The Hall–Kier alpha value is -1.91. The van der Waals surface area contributed by atoms with Crippen molar-refractivity contribution in [2.75, 3.05) is 19.7 Å². The monoisotopic (exact) mass is 272 g/mol. The smallest absolute Gasteiger partial charge is 0.119 e. The summed E-state index contributed by atoms with van der Waals surface area (Å²) in [4.78, 5) is 4.24. The number of aromatic nitrogens is 1. The topological polar surface area (TPSA) is 54.4 Å². The van der Waals surface area contributed by atoms with Gasteiger partial charge >= 0.3 is 0 Å². The van der Waals surface area contributed by atoms with Crippen LogP contribution in [-0.4, -0.2) is 35.9 Å². The molecule has 0 fully saturated rings. The molecule has 0 radical (unpaired) electrons. The van der Waals surface area contributed by atoms with Gasteiger partial charge in [0.15, 0.2) is 0 Å². The van der Waals surface area contributed by atoms with Crippen LogP contribution in [-0.2, 0) is 6.42 Å². The molecule has 0 aliphatic heterocycles. The van der Waals surface area contributed by atoms with Crippen molar-refractivity contribution < 1.29 is 9.84 Å². The van der Waals surface area contributed by atoms with Crippen molar-refractivity contribution in [2.24, 2.45) is 0 Å². The molecule has 1 heterocycles. The Kier molecular flexibility index (Phi) is 6.02. The van der Waals surface area contributed by atoms with Gasteiger partial charge in [-0.25, -0.2) is 0 Å². The lowest BCUT2D eigenvalue weighted by atomic mass is 10.2. The van der Waals surface area contributed by atoms with Crippen LogP contribution in [0.3, 0.4) is 0 Å². The van der Waals surface area contributed by atoms with Crippen LogP contribution in [0.5, 0.6) is 5.75 Å². The number of benzene rings is 1. The van der Waals surface area contributed by atoms with Crippen LogP contribution in [0, 0.1) is 0 Å². The minimum absolute atomic E-state index is 0.292. The van der Waals surface area contributed by atoms with Gasteiger partial charge in [-0.05, 0) is 24.3 Å². The summed E-state index contributed by atoms with van der Waals surface area (Å²) in [6, 6.07) is 15.4. The van der Waals surface area contributed by atoms with Crippen molar-refractivity contribution in [1.29, 1.82) is 0 Å². The van der Waals surface area contributed by atoms with Crippen molar-refractivity contribution in [3.63, 3.8) is 0 Å². The molecule has 1 unspecified atom stereocenters.